The van der Waals surface area contributed by atoms with Crippen LogP contribution in [0.5, 0.6) is 0 Å². The third-order valence-corrected chi connectivity index (χ3v) is 4.75. The number of hydrogen-bond acceptors (Lipinski definition) is 1. The quantitative estimate of drug-likeness (QED) is 0.424. The van der Waals surface area contributed by atoms with Gasteiger partial charge in [0.15, 0.2) is 0 Å². The third kappa shape index (κ3) is 2.11. The van der Waals surface area contributed by atoms with Crippen molar-refractivity contribution in [2.75, 3.05) is 9.80 Å². The maximum absolute atomic E-state index is 13.6. The summed E-state index contributed by atoms with van der Waals surface area (Å²) in [5.74, 6) is 0. The summed E-state index contributed by atoms with van der Waals surface area (Å²) in [7, 11) is 0. The van der Waals surface area contributed by atoms with Crippen molar-refractivity contribution in [1.29, 1.82) is 0 Å². The van der Waals surface area contributed by atoms with Crippen LogP contribution in [0.25, 0.3) is 10.8 Å². The van der Waals surface area contributed by atoms with Crippen LogP contribution >= 0.6 is 0 Å². The zero-order chi connectivity index (χ0) is 17.5. The second-order valence-electron chi connectivity index (χ2n) is 6.28. The van der Waals surface area contributed by atoms with Crippen LogP contribution in [-0.2, 0) is 0 Å². The summed E-state index contributed by atoms with van der Waals surface area (Å²) in [6.07, 6.45) is 0. The number of carbonyl (C=O) groups is 1. The molecule has 0 bridgehead atoms. The first-order valence-corrected chi connectivity index (χ1v) is 8.61. The summed E-state index contributed by atoms with van der Waals surface area (Å²) in [5, 5.41) is 2.21. The topological polar surface area (TPSA) is 23.6 Å². The van der Waals surface area contributed by atoms with Crippen molar-refractivity contribution in [3.8, 4) is 0 Å². The fourth-order valence-electron chi connectivity index (χ4n) is 3.63. The highest BCUT2D eigenvalue weighted by Crippen LogP contribution is 2.45. The molecule has 5 rings (SSSR count). The van der Waals surface area contributed by atoms with Gasteiger partial charge in [-0.1, -0.05) is 60.7 Å². The van der Waals surface area contributed by atoms with Crippen molar-refractivity contribution in [2.24, 2.45) is 0 Å². The number of hydrogen-bond donors (Lipinski definition) is 0. The molecule has 26 heavy (non-hydrogen) atoms. The van der Waals surface area contributed by atoms with Crippen molar-refractivity contribution in [3.05, 3.63) is 97.1 Å². The molecule has 0 N–H and O–H groups in total. The molecule has 0 aliphatic carbocycles. The number of para-hydroxylation sites is 2. The average molecular weight is 336 g/mol. The Bertz CT molecular complexity index is 1020. The minimum atomic E-state index is -0.0754. The van der Waals surface area contributed by atoms with Crippen LogP contribution in [0.4, 0.5) is 27.5 Å². The fraction of sp³-hybridized carbons (Fsp3) is 0. The lowest BCUT2D eigenvalue weighted by Gasteiger charge is -2.37. The van der Waals surface area contributed by atoms with Crippen molar-refractivity contribution in [1.82, 2.24) is 0 Å². The number of anilines is 4. The Hall–Kier alpha value is -3.59. The van der Waals surface area contributed by atoms with E-state index < -0.39 is 0 Å². The average Bonchev–Trinajstić information content (AvgIpc) is 2.70. The SMILES string of the molecule is O=C1N(c2ccccc2)c2cccc3cccc(c23)N1c1ccccc1. The molecule has 124 valence electrons. The van der Waals surface area contributed by atoms with Gasteiger partial charge in [-0.15, -0.1) is 0 Å². The van der Waals surface area contributed by atoms with E-state index in [9.17, 15) is 4.79 Å². The van der Waals surface area contributed by atoms with Gasteiger partial charge in [0.25, 0.3) is 0 Å². The van der Waals surface area contributed by atoms with Gasteiger partial charge in [-0.2, -0.15) is 0 Å². The monoisotopic (exact) mass is 336 g/mol. The standard InChI is InChI=1S/C23H16N2O/c26-23-24(18-11-3-1-4-12-18)20-15-7-9-17-10-8-16-21(22(17)20)25(23)19-13-5-2-6-14-19/h1-16H. The number of urea groups is 1. The van der Waals surface area contributed by atoms with E-state index in [2.05, 4.69) is 12.1 Å². The summed E-state index contributed by atoms with van der Waals surface area (Å²) in [6.45, 7) is 0. The van der Waals surface area contributed by atoms with Crippen molar-refractivity contribution in [3.63, 3.8) is 0 Å². The van der Waals surface area contributed by atoms with Crippen molar-refractivity contribution < 1.29 is 4.79 Å². The smallest absolute Gasteiger partial charge is 0.262 e. The zero-order valence-corrected chi connectivity index (χ0v) is 14.0. The summed E-state index contributed by atoms with van der Waals surface area (Å²) in [6, 6.07) is 31.7. The molecule has 4 aromatic rings. The summed E-state index contributed by atoms with van der Waals surface area (Å²) in [4.78, 5) is 17.2. The summed E-state index contributed by atoms with van der Waals surface area (Å²) < 4.78 is 0. The van der Waals surface area contributed by atoms with Crippen LogP contribution in [-0.4, -0.2) is 6.03 Å². The highest BCUT2D eigenvalue weighted by molar-refractivity contribution is 6.25. The van der Waals surface area contributed by atoms with E-state index in [0.717, 1.165) is 33.5 Å². The van der Waals surface area contributed by atoms with E-state index in [-0.39, 0.29) is 6.03 Å². The Labute approximate surface area is 151 Å². The molecular weight excluding hydrogens is 320 g/mol. The second kappa shape index (κ2) is 5.74. The van der Waals surface area contributed by atoms with E-state index in [0.29, 0.717) is 0 Å². The molecular formula is C23H16N2O. The lowest BCUT2D eigenvalue weighted by molar-refractivity contribution is 0.255. The molecule has 0 saturated heterocycles. The van der Waals surface area contributed by atoms with Gasteiger partial charge in [0.2, 0.25) is 0 Å². The Kier molecular flexibility index (Phi) is 3.25. The first-order chi connectivity index (χ1) is 12.8. The Balaban J connectivity index is 1.85. The highest BCUT2D eigenvalue weighted by atomic mass is 16.2. The summed E-state index contributed by atoms with van der Waals surface area (Å²) >= 11 is 0. The lowest BCUT2D eigenvalue weighted by atomic mass is 10.0. The first-order valence-electron chi connectivity index (χ1n) is 8.61. The summed E-state index contributed by atoms with van der Waals surface area (Å²) in [5.41, 5.74) is 3.56. The van der Waals surface area contributed by atoms with Gasteiger partial charge < -0.3 is 0 Å². The number of carbonyl (C=O) groups excluding carboxylic acids is 1. The minimum absolute atomic E-state index is 0.0754. The normalized spacial score (nSPS) is 13.3. The maximum atomic E-state index is 13.6. The van der Waals surface area contributed by atoms with Gasteiger partial charge in [-0.05, 0) is 41.8 Å². The Morgan fingerprint density at radius 2 is 0.962 bits per heavy atom. The number of nitrogens with zero attached hydrogens (tertiary/aromatic N) is 2. The van der Waals surface area contributed by atoms with Crippen molar-refractivity contribution >= 4 is 39.6 Å². The molecule has 3 nitrogen and oxygen atoms in total. The van der Waals surface area contributed by atoms with Gasteiger partial charge in [0.05, 0.1) is 22.7 Å². The fourth-order valence-corrected chi connectivity index (χ4v) is 3.63. The first kappa shape index (κ1) is 14.7. The molecule has 0 fully saturated rings. The lowest BCUT2D eigenvalue weighted by Crippen LogP contribution is -2.41. The number of benzene rings is 4. The van der Waals surface area contributed by atoms with Crippen LogP contribution in [0.1, 0.15) is 0 Å². The molecule has 0 saturated carbocycles. The van der Waals surface area contributed by atoms with Crippen LogP contribution in [0.15, 0.2) is 97.1 Å². The van der Waals surface area contributed by atoms with Crippen LogP contribution in [0.3, 0.4) is 0 Å². The Morgan fingerprint density at radius 1 is 0.500 bits per heavy atom. The van der Waals surface area contributed by atoms with Crippen LogP contribution in [0.2, 0.25) is 0 Å². The molecule has 1 aliphatic heterocycles. The van der Waals surface area contributed by atoms with E-state index in [4.69, 9.17) is 0 Å². The zero-order valence-electron chi connectivity index (χ0n) is 14.0. The molecule has 0 spiro atoms. The van der Waals surface area contributed by atoms with Gasteiger partial charge in [0.1, 0.15) is 0 Å². The van der Waals surface area contributed by atoms with Gasteiger partial charge >= 0.3 is 6.03 Å². The second-order valence-corrected chi connectivity index (χ2v) is 6.28. The van der Waals surface area contributed by atoms with Gasteiger partial charge in [0, 0.05) is 5.39 Å². The van der Waals surface area contributed by atoms with Crippen LogP contribution < -0.4 is 9.80 Å². The number of rotatable bonds is 2. The predicted octanol–water partition coefficient (Wildman–Crippen LogP) is 6.25. The number of amides is 2. The molecule has 4 aromatic carbocycles. The molecule has 1 aliphatic rings. The van der Waals surface area contributed by atoms with E-state index >= 15 is 0 Å². The molecule has 1 heterocycles. The van der Waals surface area contributed by atoms with Gasteiger partial charge in [-0.3, -0.25) is 9.80 Å². The molecule has 0 aromatic heterocycles. The molecule has 2 amide bonds. The molecule has 3 heteroatoms. The van der Waals surface area contributed by atoms with E-state index in [1.165, 1.54) is 0 Å². The van der Waals surface area contributed by atoms with Crippen LogP contribution in [0, 0.1) is 0 Å². The largest absolute Gasteiger partial charge is 0.338 e. The molecule has 0 unspecified atom stereocenters. The minimum Gasteiger partial charge on any atom is -0.262 e. The van der Waals surface area contributed by atoms with E-state index in [1.807, 2.05) is 84.9 Å². The van der Waals surface area contributed by atoms with Crippen molar-refractivity contribution in [2.45, 2.75) is 0 Å². The predicted molar refractivity (Wildman–Crippen MR) is 107 cm³/mol. The molecule has 0 atom stereocenters. The third-order valence-electron chi connectivity index (χ3n) is 4.75. The van der Waals surface area contributed by atoms with Gasteiger partial charge in [-0.25, -0.2) is 4.79 Å². The molecule has 0 radical (unpaired) electrons. The Morgan fingerprint density at radius 3 is 1.42 bits per heavy atom. The highest BCUT2D eigenvalue weighted by Gasteiger charge is 2.33. The maximum Gasteiger partial charge on any atom is 0.338 e. The van der Waals surface area contributed by atoms with E-state index in [1.54, 1.807) is 9.80 Å².